The normalized spacial score (nSPS) is 12.4. The monoisotopic (exact) mass is 194 g/mol. The van der Waals surface area contributed by atoms with Crippen molar-refractivity contribution in [3.63, 3.8) is 0 Å². The lowest BCUT2D eigenvalue weighted by molar-refractivity contribution is 0.174. The molecule has 14 heavy (non-hydrogen) atoms. The molecule has 0 radical (unpaired) electrons. The van der Waals surface area contributed by atoms with Crippen LogP contribution in [0.25, 0.3) is 0 Å². The van der Waals surface area contributed by atoms with Crippen LogP contribution in [0.5, 0.6) is 11.5 Å². The van der Waals surface area contributed by atoms with Gasteiger partial charge in [0.25, 0.3) is 0 Å². The molecule has 2 heteroatoms. The molecule has 0 aliphatic carbocycles. The van der Waals surface area contributed by atoms with Crippen LogP contribution in [-0.2, 0) is 0 Å². The average molecular weight is 194 g/mol. The van der Waals surface area contributed by atoms with Crippen LogP contribution in [-0.4, -0.2) is 6.79 Å². The Morgan fingerprint density at radius 3 is 2.36 bits per heavy atom. The topological polar surface area (TPSA) is 18.5 Å². The Bertz CT molecular complexity index is 292. The van der Waals surface area contributed by atoms with Crippen LogP contribution >= 0.6 is 0 Å². The van der Waals surface area contributed by atoms with Crippen LogP contribution < -0.4 is 9.47 Å². The molecule has 0 fully saturated rings. The summed E-state index contributed by atoms with van der Waals surface area (Å²) in [5.74, 6) is 2.28. The summed E-state index contributed by atoms with van der Waals surface area (Å²) >= 11 is 0. The van der Waals surface area contributed by atoms with Crippen molar-refractivity contribution in [1.29, 1.82) is 0 Å². The van der Waals surface area contributed by atoms with Crippen molar-refractivity contribution >= 4 is 0 Å². The summed E-state index contributed by atoms with van der Waals surface area (Å²) in [6, 6.07) is 6.10. The van der Waals surface area contributed by atoms with Gasteiger partial charge in [0, 0.05) is 0 Å². The summed E-state index contributed by atoms with van der Waals surface area (Å²) in [6.07, 6.45) is 0. The lowest BCUT2D eigenvalue weighted by Crippen LogP contribution is -1.93. The average Bonchev–Trinajstić information content (AvgIpc) is 2.67. The van der Waals surface area contributed by atoms with Crippen LogP contribution in [0.4, 0.5) is 0 Å². The van der Waals surface area contributed by atoms with Gasteiger partial charge in [0.05, 0.1) is 0 Å². The molecular formula is C12H18O2. The second-order valence-corrected chi connectivity index (χ2v) is 3.27. The van der Waals surface area contributed by atoms with E-state index in [0.29, 0.717) is 12.7 Å². The highest BCUT2D eigenvalue weighted by Gasteiger charge is 2.13. The molecule has 0 saturated heterocycles. The van der Waals surface area contributed by atoms with Gasteiger partial charge in [-0.05, 0) is 23.6 Å². The van der Waals surface area contributed by atoms with Gasteiger partial charge in [0.1, 0.15) is 0 Å². The second-order valence-electron chi connectivity index (χ2n) is 3.27. The van der Waals surface area contributed by atoms with Crippen molar-refractivity contribution in [2.75, 3.05) is 6.79 Å². The van der Waals surface area contributed by atoms with Gasteiger partial charge in [0.15, 0.2) is 11.5 Å². The first-order valence-electron chi connectivity index (χ1n) is 5.17. The van der Waals surface area contributed by atoms with Crippen molar-refractivity contribution < 1.29 is 9.47 Å². The molecule has 0 amide bonds. The van der Waals surface area contributed by atoms with E-state index in [9.17, 15) is 0 Å². The number of benzene rings is 1. The van der Waals surface area contributed by atoms with Gasteiger partial charge in [-0.1, -0.05) is 33.8 Å². The largest absolute Gasteiger partial charge is 0.454 e. The first-order valence-corrected chi connectivity index (χ1v) is 5.17. The molecule has 2 nitrogen and oxygen atoms in total. The fraction of sp³-hybridized carbons (Fsp3) is 0.500. The molecule has 1 aromatic carbocycles. The van der Waals surface area contributed by atoms with Crippen molar-refractivity contribution in [2.24, 2.45) is 0 Å². The van der Waals surface area contributed by atoms with E-state index in [1.54, 1.807) is 0 Å². The van der Waals surface area contributed by atoms with Crippen molar-refractivity contribution in [2.45, 2.75) is 33.6 Å². The second kappa shape index (κ2) is 4.89. The summed E-state index contributed by atoms with van der Waals surface area (Å²) in [4.78, 5) is 0. The molecular weight excluding hydrogens is 176 g/mol. The van der Waals surface area contributed by atoms with Crippen molar-refractivity contribution in [1.82, 2.24) is 0 Å². The van der Waals surface area contributed by atoms with E-state index in [0.717, 1.165) is 11.5 Å². The van der Waals surface area contributed by atoms with E-state index in [-0.39, 0.29) is 0 Å². The highest BCUT2D eigenvalue weighted by molar-refractivity contribution is 5.45. The molecule has 1 aliphatic rings. The fourth-order valence-corrected chi connectivity index (χ4v) is 1.27. The van der Waals surface area contributed by atoms with Gasteiger partial charge in [0.2, 0.25) is 6.79 Å². The van der Waals surface area contributed by atoms with Gasteiger partial charge in [-0.3, -0.25) is 0 Å². The van der Waals surface area contributed by atoms with Gasteiger partial charge in [-0.25, -0.2) is 0 Å². The van der Waals surface area contributed by atoms with Crippen LogP contribution in [0.1, 0.15) is 39.2 Å². The maximum absolute atomic E-state index is 5.27. The van der Waals surface area contributed by atoms with Crippen LogP contribution in [0.2, 0.25) is 0 Å². The van der Waals surface area contributed by atoms with E-state index in [1.165, 1.54) is 5.56 Å². The zero-order chi connectivity index (χ0) is 10.6. The molecule has 2 rings (SSSR count). The summed E-state index contributed by atoms with van der Waals surface area (Å²) in [7, 11) is 0. The molecule has 0 spiro atoms. The van der Waals surface area contributed by atoms with E-state index in [4.69, 9.17) is 9.47 Å². The molecule has 0 atom stereocenters. The first kappa shape index (κ1) is 10.9. The summed E-state index contributed by atoms with van der Waals surface area (Å²) in [6.45, 7) is 8.69. The Balaban J connectivity index is 0.000000461. The number of fused-ring (bicyclic) bond motifs is 1. The molecule has 0 N–H and O–H groups in total. The predicted octanol–water partition coefficient (Wildman–Crippen LogP) is 3.56. The quantitative estimate of drug-likeness (QED) is 0.680. The summed E-state index contributed by atoms with van der Waals surface area (Å²) in [5, 5.41) is 0. The number of rotatable bonds is 1. The number of ether oxygens (including phenoxy) is 2. The summed E-state index contributed by atoms with van der Waals surface area (Å²) < 4.78 is 10.5. The fourth-order valence-electron chi connectivity index (χ4n) is 1.27. The molecule has 0 unspecified atom stereocenters. The molecule has 1 aromatic rings. The van der Waals surface area contributed by atoms with Gasteiger partial charge < -0.3 is 9.47 Å². The standard InChI is InChI=1S/C10H12O2.C2H6/c1-7(2)8-3-4-9-10(5-8)12-6-11-9;1-2/h3-5,7H,6H2,1-2H3;1-2H3. The Labute approximate surface area is 85.8 Å². The maximum Gasteiger partial charge on any atom is 0.231 e. The lowest BCUT2D eigenvalue weighted by atomic mass is 10.0. The van der Waals surface area contributed by atoms with Crippen molar-refractivity contribution in [3.8, 4) is 11.5 Å². The molecule has 0 saturated carbocycles. The molecule has 0 bridgehead atoms. The Morgan fingerprint density at radius 2 is 1.71 bits per heavy atom. The summed E-state index contributed by atoms with van der Waals surface area (Å²) in [5.41, 5.74) is 1.29. The Hall–Kier alpha value is -1.18. The third kappa shape index (κ3) is 2.19. The minimum Gasteiger partial charge on any atom is -0.454 e. The highest BCUT2D eigenvalue weighted by atomic mass is 16.7. The van der Waals surface area contributed by atoms with Crippen LogP contribution in [0.3, 0.4) is 0 Å². The van der Waals surface area contributed by atoms with E-state index in [2.05, 4.69) is 19.9 Å². The molecule has 1 heterocycles. The van der Waals surface area contributed by atoms with Crippen LogP contribution in [0, 0.1) is 0 Å². The van der Waals surface area contributed by atoms with Gasteiger partial charge in [-0.15, -0.1) is 0 Å². The maximum atomic E-state index is 5.27. The molecule has 1 aliphatic heterocycles. The van der Waals surface area contributed by atoms with Gasteiger partial charge >= 0.3 is 0 Å². The SMILES string of the molecule is CC.CC(C)c1ccc2c(c1)OCO2. The zero-order valence-corrected chi connectivity index (χ0v) is 9.33. The van der Waals surface area contributed by atoms with E-state index >= 15 is 0 Å². The van der Waals surface area contributed by atoms with Crippen molar-refractivity contribution in [3.05, 3.63) is 23.8 Å². The van der Waals surface area contributed by atoms with Gasteiger partial charge in [-0.2, -0.15) is 0 Å². The Morgan fingerprint density at radius 1 is 1.07 bits per heavy atom. The third-order valence-electron chi connectivity index (χ3n) is 2.06. The number of hydrogen-bond donors (Lipinski definition) is 0. The van der Waals surface area contributed by atoms with Crippen LogP contribution in [0.15, 0.2) is 18.2 Å². The smallest absolute Gasteiger partial charge is 0.231 e. The molecule has 78 valence electrons. The highest BCUT2D eigenvalue weighted by Crippen LogP contribution is 2.34. The minimum atomic E-state index is 0.358. The third-order valence-corrected chi connectivity index (χ3v) is 2.06. The van der Waals surface area contributed by atoms with E-state index in [1.807, 2.05) is 26.0 Å². The first-order chi connectivity index (χ1) is 6.77. The predicted molar refractivity (Wildman–Crippen MR) is 58.0 cm³/mol. The lowest BCUT2D eigenvalue weighted by Gasteiger charge is -2.05. The number of hydrogen-bond acceptors (Lipinski definition) is 2. The van der Waals surface area contributed by atoms with E-state index < -0.39 is 0 Å². The Kier molecular flexibility index (Phi) is 3.81. The zero-order valence-electron chi connectivity index (χ0n) is 9.33. The minimum absolute atomic E-state index is 0.358. The molecule has 0 aromatic heterocycles.